The highest BCUT2D eigenvalue weighted by atomic mass is 35.5. The molecule has 5 heteroatoms. The van der Waals surface area contributed by atoms with Crippen LogP contribution in [0.25, 0.3) is 0 Å². The molecule has 0 aromatic heterocycles. The van der Waals surface area contributed by atoms with Crippen LogP contribution in [0, 0.1) is 5.92 Å². The first-order valence-electron chi connectivity index (χ1n) is 6.24. The van der Waals surface area contributed by atoms with Crippen molar-refractivity contribution < 1.29 is 9.59 Å². The van der Waals surface area contributed by atoms with Gasteiger partial charge in [0.05, 0.1) is 17.1 Å². The lowest BCUT2D eigenvalue weighted by molar-refractivity contribution is -0.121. The summed E-state index contributed by atoms with van der Waals surface area (Å²) in [4.78, 5) is 23.4. The molecule has 1 aromatic carbocycles. The molecule has 104 valence electrons. The highest BCUT2D eigenvalue weighted by molar-refractivity contribution is 6.33. The Morgan fingerprint density at radius 3 is 2.42 bits per heavy atom. The Balaban J connectivity index is 2.47. The van der Waals surface area contributed by atoms with Gasteiger partial charge in [-0.2, -0.15) is 0 Å². The van der Waals surface area contributed by atoms with Crippen LogP contribution in [0.5, 0.6) is 0 Å². The molecule has 0 heterocycles. The number of halogens is 1. The summed E-state index contributed by atoms with van der Waals surface area (Å²) in [6.07, 6.45) is 0. The lowest BCUT2D eigenvalue weighted by Crippen LogP contribution is -2.42. The van der Waals surface area contributed by atoms with Crippen molar-refractivity contribution in [3.8, 4) is 0 Å². The van der Waals surface area contributed by atoms with E-state index in [2.05, 4.69) is 10.6 Å². The Labute approximate surface area is 118 Å². The fourth-order valence-corrected chi connectivity index (χ4v) is 1.59. The van der Waals surface area contributed by atoms with Gasteiger partial charge in [-0.25, -0.2) is 0 Å². The van der Waals surface area contributed by atoms with E-state index in [1.54, 1.807) is 24.3 Å². The molecule has 0 aliphatic rings. The van der Waals surface area contributed by atoms with Gasteiger partial charge in [0, 0.05) is 6.04 Å². The van der Waals surface area contributed by atoms with Gasteiger partial charge in [0.1, 0.15) is 0 Å². The van der Waals surface area contributed by atoms with Crippen LogP contribution < -0.4 is 10.6 Å². The third kappa shape index (κ3) is 4.91. The van der Waals surface area contributed by atoms with Crippen LogP contribution in [-0.2, 0) is 4.79 Å². The zero-order chi connectivity index (χ0) is 14.4. The van der Waals surface area contributed by atoms with Crippen molar-refractivity contribution in [1.29, 1.82) is 0 Å². The molecule has 0 radical (unpaired) electrons. The molecular weight excluding hydrogens is 264 g/mol. The second-order valence-electron chi connectivity index (χ2n) is 4.76. The Hall–Kier alpha value is -1.55. The van der Waals surface area contributed by atoms with E-state index in [1.807, 2.05) is 20.8 Å². The molecule has 0 saturated heterocycles. The van der Waals surface area contributed by atoms with E-state index in [9.17, 15) is 9.59 Å². The molecule has 4 nitrogen and oxygen atoms in total. The zero-order valence-electron chi connectivity index (χ0n) is 11.4. The summed E-state index contributed by atoms with van der Waals surface area (Å²) in [6.45, 7) is 5.92. The summed E-state index contributed by atoms with van der Waals surface area (Å²) < 4.78 is 0. The monoisotopic (exact) mass is 282 g/mol. The van der Waals surface area contributed by atoms with Gasteiger partial charge in [-0.05, 0) is 25.0 Å². The molecule has 0 bridgehead atoms. The van der Waals surface area contributed by atoms with Crippen molar-refractivity contribution in [2.45, 2.75) is 26.8 Å². The molecule has 2 N–H and O–H groups in total. The van der Waals surface area contributed by atoms with Gasteiger partial charge in [0.2, 0.25) is 5.91 Å². The number of benzene rings is 1. The second-order valence-corrected chi connectivity index (χ2v) is 5.17. The van der Waals surface area contributed by atoms with Gasteiger partial charge >= 0.3 is 0 Å². The van der Waals surface area contributed by atoms with E-state index in [0.717, 1.165) is 0 Å². The van der Waals surface area contributed by atoms with E-state index in [4.69, 9.17) is 11.6 Å². The summed E-state index contributed by atoms with van der Waals surface area (Å²) in [7, 11) is 0. The Morgan fingerprint density at radius 1 is 1.21 bits per heavy atom. The first kappa shape index (κ1) is 15.5. The van der Waals surface area contributed by atoms with Gasteiger partial charge in [-0.3, -0.25) is 9.59 Å². The molecule has 0 saturated carbocycles. The maximum Gasteiger partial charge on any atom is 0.253 e. The fraction of sp³-hybridized carbons (Fsp3) is 0.429. The SMILES string of the molecule is CC(C)C(C)NC(=O)CNC(=O)c1ccccc1Cl. The van der Waals surface area contributed by atoms with Crippen LogP contribution in [0.15, 0.2) is 24.3 Å². The number of rotatable bonds is 5. The lowest BCUT2D eigenvalue weighted by atomic mass is 10.1. The fourth-order valence-electron chi connectivity index (χ4n) is 1.37. The summed E-state index contributed by atoms with van der Waals surface area (Å²) >= 11 is 5.90. The third-order valence-electron chi connectivity index (χ3n) is 2.92. The Kier molecular flexibility index (Phi) is 5.83. The molecule has 1 atom stereocenters. The first-order valence-corrected chi connectivity index (χ1v) is 6.61. The molecule has 1 rings (SSSR count). The highest BCUT2D eigenvalue weighted by Gasteiger charge is 2.13. The molecule has 1 aromatic rings. The minimum absolute atomic E-state index is 0.0544. The summed E-state index contributed by atoms with van der Waals surface area (Å²) in [5.74, 6) is -0.206. The number of carbonyl (C=O) groups excluding carboxylic acids is 2. The van der Waals surface area contributed by atoms with E-state index in [1.165, 1.54) is 0 Å². The Bertz CT molecular complexity index is 461. The van der Waals surface area contributed by atoms with Gasteiger partial charge in [0.25, 0.3) is 5.91 Å². The molecule has 0 aliphatic carbocycles. The summed E-state index contributed by atoms with van der Waals surface area (Å²) in [6, 6.07) is 6.80. The first-order chi connectivity index (χ1) is 8.91. The third-order valence-corrected chi connectivity index (χ3v) is 3.25. The average Bonchev–Trinajstić information content (AvgIpc) is 2.36. The average molecular weight is 283 g/mol. The van der Waals surface area contributed by atoms with Crippen LogP contribution in [0.1, 0.15) is 31.1 Å². The molecule has 19 heavy (non-hydrogen) atoms. The van der Waals surface area contributed by atoms with E-state index >= 15 is 0 Å². The van der Waals surface area contributed by atoms with Crippen molar-refractivity contribution in [2.24, 2.45) is 5.92 Å². The maximum atomic E-state index is 11.8. The van der Waals surface area contributed by atoms with Gasteiger partial charge in [-0.15, -0.1) is 0 Å². The smallest absolute Gasteiger partial charge is 0.253 e. The topological polar surface area (TPSA) is 58.2 Å². The predicted molar refractivity (Wildman–Crippen MR) is 76.2 cm³/mol. The summed E-state index contributed by atoms with van der Waals surface area (Å²) in [5.41, 5.74) is 0.369. The zero-order valence-corrected chi connectivity index (χ0v) is 12.1. The predicted octanol–water partition coefficient (Wildman–Crippen LogP) is 2.23. The van der Waals surface area contributed by atoms with Crippen molar-refractivity contribution in [2.75, 3.05) is 6.54 Å². The maximum absolute atomic E-state index is 11.8. The van der Waals surface area contributed by atoms with Gasteiger partial charge < -0.3 is 10.6 Å². The largest absolute Gasteiger partial charge is 0.352 e. The van der Waals surface area contributed by atoms with Crippen LogP contribution in [0.2, 0.25) is 5.02 Å². The van der Waals surface area contributed by atoms with Gasteiger partial charge in [0.15, 0.2) is 0 Å². The van der Waals surface area contributed by atoms with Crippen LogP contribution in [0.4, 0.5) is 0 Å². The second kappa shape index (κ2) is 7.14. The van der Waals surface area contributed by atoms with Crippen molar-refractivity contribution in [1.82, 2.24) is 10.6 Å². The molecule has 0 spiro atoms. The van der Waals surface area contributed by atoms with Crippen molar-refractivity contribution in [3.05, 3.63) is 34.9 Å². The number of nitrogens with one attached hydrogen (secondary N) is 2. The quantitative estimate of drug-likeness (QED) is 0.870. The molecular formula is C14H19ClN2O2. The molecule has 0 aliphatic heterocycles. The van der Waals surface area contributed by atoms with Gasteiger partial charge in [-0.1, -0.05) is 37.6 Å². The molecule has 2 amide bonds. The van der Waals surface area contributed by atoms with E-state index in [0.29, 0.717) is 16.5 Å². The van der Waals surface area contributed by atoms with E-state index in [-0.39, 0.29) is 24.4 Å². The Morgan fingerprint density at radius 2 is 1.84 bits per heavy atom. The van der Waals surface area contributed by atoms with E-state index < -0.39 is 0 Å². The lowest BCUT2D eigenvalue weighted by Gasteiger charge is -2.17. The standard InChI is InChI=1S/C14H19ClN2O2/c1-9(2)10(3)17-13(18)8-16-14(19)11-6-4-5-7-12(11)15/h4-7,9-10H,8H2,1-3H3,(H,16,19)(H,17,18). The molecule has 1 unspecified atom stereocenters. The summed E-state index contributed by atoms with van der Waals surface area (Å²) in [5, 5.41) is 5.73. The normalized spacial score (nSPS) is 12.1. The molecule has 0 fully saturated rings. The minimum Gasteiger partial charge on any atom is -0.352 e. The number of hydrogen-bond acceptors (Lipinski definition) is 2. The number of carbonyl (C=O) groups is 2. The van der Waals surface area contributed by atoms with Crippen LogP contribution >= 0.6 is 11.6 Å². The van der Waals surface area contributed by atoms with Crippen LogP contribution in [-0.4, -0.2) is 24.4 Å². The highest BCUT2D eigenvalue weighted by Crippen LogP contribution is 2.14. The number of hydrogen-bond donors (Lipinski definition) is 2. The number of amides is 2. The van der Waals surface area contributed by atoms with Crippen molar-refractivity contribution >= 4 is 23.4 Å². The van der Waals surface area contributed by atoms with Crippen molar-refractivity contribution in [3.63, 3.8) is 0 Å². The van der Waals surface area contributed by atoms with Crippen LogP contribution in [0.3, 0.4) is 0 Å². The minimum atomic E-state index is -0.349.